The van der Waals surface area contributed by atoms with Gasteiger partial charge in [0, 0.05) is 0 Å². The Morgan fingerprint density at radius 2 is 2.20 bits per heavy atom. The van der Waals surface area contributed by atoms with Crippen molar-refractivity contribution in [1.29, 1.82) is 0 Å². The van der Waals surface area contributed by atoms with Crippen molar-refractivity contribution in [3.05, 3.63) is 0 Å². The molecular weight excluding hydrogens is 144 g/mol. The highest BCUT2D eigenvalue weighted by Gasteiger charge is 2.55. The minimum Gasteiger partial charge on any atom is -0.384 e. The molecule has 0 spiro atoms. The molecule has 1 fully saturated rings. The van der Waals surface area contributed by atoms with Gasteiger partial charge in [-0.1, -0.05) is 0 Å². The summed E-state index contributed by atoms with van der Waals surface area (Å²) in [4.78, 5) is 10.3. The van der Waals surface area contributed by atoms with Gasteiger partial charge in [-0.25, -0.2) is 0 Å². The van der Waals surface area contributed by atoms with E-state index in [9.17, 15) is 13.6 Å². The van der Waals surface area contributed by atoms with Crippen molar-refractivity contribution in [2.24, 2.45) is 0 Å². The number of hydrogen-bond donors (Lipinski definition) is 2. The summed E-state index contributed by atoms with van der Waals surface area (Å²) >= 11 is 0. The van der Waals surface area contributed by atoms with Gasteiger partial charge in [0.15, 0.2) is 0 Å². The molecule has 0 aromatic heterocycles. The molecule has 58 valence electrons. The Morgan fingerprint density at radius 3 is 2.30 bits per heavy atom. The lowest BCUT2D eigenvalue weighted by atomic mass is 10.1. The molecule has 5 heteroatoms. The van der Waals surface area contributed by atoms with E-state index < -0.39 is 24.0 Å². The quantitative estimate of drug-likeness (QED) is 0.490. The van der Waals surface area contributed by atoms with Crippen LogP contribution in [-0.4, -0.2) is 29.1 Å². The summed E-state index contributed by atoms with van der Waals surface area (Å²) in [5, 5.41) is 10.6. The molecule has 2 N–H and O–H groups in total. The number of hydrogen-bond acceptors (Lipinski definition) is 2. The van der Waals surface area contributed by atoms with Gasteiger partial charge >= 0.3 is 5.92 Å². The number of nitrogens with one attached hydrogen (secondary N) is 1. The Bertz CT molecular complexity index is 171. The average molecular weight is 151 g/mol. The van der Waals surface area contributed by atoms with E-state index >= 15 is 0 Å². The normalized spacial score (nSPS) is 37.8. The third kappa shape index (κ3) is 0.775. The molecule has 2 atom stereocenters. The number of rotatable bonds is 0. The molecule has 1 amide bonds. The summed E-state index contributed by atoms with van der Waals surface area (Å²) in [6, 6.07) is -0.859. The van der Waals surface area contributed by atoms with Crippen molar-refractivity contribution in [3.63, 3.8) is 0 Å². The third-order valence-electron chi connectivity index (χ3n) is 1.51. The SMILES string of the molecule is C[C@@H]1NC(=O)C(F)(F)[C@@H]1O. The minimum absolute atomic E-state index is 0.859. The van der Waals surface area contributed by atoms with Crippen LogP contribution in [0.2, 0.25) is 0 Å². The summed E-state index contributed by atoms with van der Waals surface area (Å²) in [7, 11) is 0. The zero-order valence-electron chi connectivity index (χ0n) is 5.27. The molecular formula is C5H7F2NO2. The second kappa shape index (κ2) is 1.88. The van der Waals surface area contributed by atoms with Gasteiger partial charge in [0.05, 0.1) is 6.04 Å². The molecule has 1 saturated heterocycles. The summed E-state index contributed by atoms with van der Waals surface area (Å²) < 4.78 is 24.6. The topological polar surface area (TPSA) is 49.3 Å². The third-order valence-corrected chi connectivity index (χ3v) is 1.51. The molecule has 10 heavy (non-hydrogen) atoms. The van der Waals surface area contributed by atoms with Crippen LogP contribution in [0.4, 0.5) is 8.78 Å². The van der Waals surface area contributed by atoms with E-state index in [-0.39, 0.29) is 0 Å². The summed E-state index contributed by atoms with van der Waals surface area (Å²) in [6.45, 7) is 1.32. The molecule has 0 aromatic carbocycles. The maximum Gasteiger partial charge on any atom is 0.351 e. The fourth-order valence-electron chi connectivity index (χ4n) is 0.830. The van der Waals surface area contributed by atoms with Gasteiger partial charge in [0.25, 0.3) is 5.91 Å². The van der Waals surface area contributed by atoms with Gasteiger partial charge in [-0.3, -0.25) is 4.79 Å². The Balaban J connectivity index is 2.85. The number of aliphatic hydroxyl groups excluding tert-OH is 1. The van der Waals surface area contributed by atoms with Crippen molar-refractivity contribution in [2.45, 2.75) is 25.0 Å². The monoisotopic (exact) mass is 151 g/mol. The van der Waals surface area contributed by atoms with Gasteiger partial charge in [-0.15, -0.1) is 0 Å². The van der Waals surface area contributed by atoms with Gasteiger partial charge < -0.3 is 10.4 Å². The van der Waals surface area contributed by atoms with E-state index in [4.69, 9.17) is 5.11 Å². The van der Waals surface area contributed by atoms with Gasteiger partial charge in [0.2, 0.25) is 0 Å². The molecule has 1 rings (SSSR count). The maximum atomic E-state index is 12.3. The van der Waals surface area contributed by atoms with Crippen LogP contribution in [0.25, 0.3) is 0 Å². The van der Waals surface area contributed by atoms with Gasteiger partial charge in [-0.2, -0.15) is 8.78 Å². The van der Waals surface area contributed by atoms with Gasteiger partial charge in [-0.05, 0) is 6.92 Å². The van der Waals surface area contributed by atoms with E-state index in [1.54, 1.807) is 0 Å². The lowest BCUT2D eigenvalue weighted by Gasteiger charge is -2.11. The zero-order chi connectivity index (χ0) is 7.94. The second-order valence-electron chi connectivity index (χ2n) is 2.33. The first-order chi connectivity index (χ1) is 4.46. The first kappa shape index (κ1) is 7.40. The average Bonchev–Trinajstić information content (AvgIpc) is 1.97. The number of carbonyl (C=O) groups is 1. The van der Waals surface area contributed by atoms with E-state index in [1.165, 1.54) is 6.92 Å². The molecule has 3 nitrogen and oxygen atoms in total. The highest BCUT2D eigenvalue weighted by atomic mass is 19.3. The molecule has 1 heterocycles. The van der Waals surface area contributed by atoms with E-state index in [0.717, 1.165) is 0 Å². The Hall–Kier alpha value is -0.710. The largest absolute Gasteiger partial charge is 0.384 e. The molecule has 0 aromatic rings. The first-order valence-electron chi connectivity index (χ1n) is 2.83. The molecule has 0 saturated carbocycles. The van der Waals surface area contributed by atoms with Crippen molar-refractivity contribution < 1.29 is 18.7 Å². The van der Waals surface area contributed by atoms with Crippen LogP contribution in [-0.2, 0) is 4.79 Å². The van der Waals surface area contributed by atoms with Crippen LogP contribution in [0.5, 0.6) is 0 Å². The van der Waals surface area contributed by atoms with Crippen LogP contribution in [0.3, 0.4) is 0 Å². The standard InChI is InChI=1S/C5H7F2NO2/c1-2-3(9)5(6,7)4(10)8-2/h2-3,9H,1H3,(H,8,10)/t2-,3+/m0/s1. The van der Waals surface area contributed by atoms with Crippen molar-refractivity contribution >= 4 is 5.91 Å². The number of alkyl halides is 2. The lowest BCUT2D eigenvalue weighted by Crippen LogP contribution is -2.36. The summed E-state index contributed by atoms with van der Waals surface area (Å²) in [5.41, 5.74) is 0. The number of carbonyl (C=O) groups excluding carboxylic acids is 1. The van der Waals surface area contributed by atoms with Crippen LogP contribution < -0.4 is 5.32 Å². The maximum absolute atomic E-state index is 12.3. The van der Waals surface area contributed by atoms with Crippen molar-refractivity contribution in [1.82, 2.24) is 5.32 Å². The molecule has 0 unspecified atom stereocenters. The number of aliphatic hydroxyl groups is 1. The fourth-order valence-corrected chi connectivity index (χ4v) is 0.830. The highest BCUT2D eigenvalue weighted by molar-refractivity contribution is 5.87. The number of amides is 1. The van der Waals surface area contributed by atoms with E-state index in [2.05, 4.69) is 0 Å². The van der Waals surface area contributed by atoms with Crippen molar-refractivity contribution in [3.8, 4) is 0 Å². The predicted octanol–water partition coefficient (Wildman–Crippen LogP) is -0.499. The smallest absolute Gasteiger partial charge is 0.351 e. The van der Waals surface area contributed by atoms with Gasteiger partial charge in [0.1, 0.15) is 6.10 Å². The molecule has 0 aliphatic carbocycles. The Morgan fingerprint density at radius 1 is 1.70 bits per heavy atom. The van der Waals surface area contributed by atoms with E-state index in [0.29, 0.717) is 0 Å². The van der Waals surface area contributed by atoms with Crippen LogP contribution in [0, 0.1) is 0 Å². The molecule has 0 bridgehead atoms. The molecule has 0 radical (unpaired) electrons. The predicted molar refractivity (Wildman–Crippen MR) is 28.6 cm³/mol. The van der Waals surface area contributed by atoms with E-state index in [1.807, 2.05) is 5.32 Å². The zero-order valence-corrected chi connectivity index (χ0v) is 5.27. The summed E-state index contributed by atoms with van der Waals surface area (Å²) in [6.07, 6.45) is -1.89. The van der Waals surface area contributed by atoms with Crippen LogP contribution in [0.1, 0.15) is 6.92 Å². The minimum atomic E-state index is -3.61. The van der Waals surface area contributed by atoms with Crippen LogP contribution >= 0.6 is 0 Å². The van der Waals surface area contributed by atoms with Crippen molar-refractivity contribution in [2.75, 3.05) is 0 Å². The molecule has 1 aliphatic heterocycles. The second-order valence-corrected chi connectivity index (χ2v) is 2.33. The molecule has 1 aliphatic rings. The Kier molecular flexibility index (Phi) is 1.39. The highest BCUT2D eigenvalue weighted by Crippen LogP contribution is 2.26. The number of halogens is 2. The lowest BCUT2D eigenvalue weighted by molar-refractivity contribution is -0.150. The Labute approximate surface area is 56.0 Å². The first-order valence-corrected chi connectivity index (χ1v) is 2.83. The summed E-state index contributed by atoms with van der Waals surface area (Å²) in [5.74, 6) is -5.01. The van der Waals surface area contributed by atoms with Crippen LogP contribution in [0.15, 0.2) is 0 Å². The fraction of sp³-hybridized carbons (Fsp3) is 0.800.